The van der Waals surface area contributed by atoms with E-state index < -0.39 is 0 Å². The van der Waals surface area contributed by atoms with Crippen LogP contribution in [0.4, 0.5) is 0 Å². The van der Waals surface area contributed by atoms with Crippen molar-refractivity contribution in [2.75, 3.05) is 6.61 Å². The summed E-state index contributed by atoms with van der Waals surface area (Å²) in [4.78, 5) is 11.3. The minimum atomic E-state index is -0.283. The van der Waals surface area contributed by atoms with Gasteiger partial charge in [-0.15, -0.1) is 0 Å². The second kappa shape index (κ2) is 6.33. The minimum absolute atomic E-state index is 0.0562. The molecule has 0 atom stereocenters. The molecule has 0 spiro atoms. The number of hydrazone groups is 1. The van der Waals surface area contributed by atoms with E-state index in [1.165, 1.54) is 6.21 Å². The van der Waals surface area contributed by atoms with Gasteiger partial charge in [-0.05, 0) is 42.0 Å². The lowest BCUT2D eigenvalue weighted by molar-refractivity contribution is -0.123. The van der Waals surface area contributed by atoms with Gasteiger partial charge in [-0.1, -0.05) is 28.1 Å². The van der Waals surface area contributed by atoms with Gasteiger partial charge in [0.1, 0.15) is 5.75 Å². The maximum Gasteiger partial charge on any atom is 0.277 e. The van der Waals surface area contributed by atoms with E-state index in [-0.39, 0.29) is 12.5 Å². The summed E-state index contributed by atoms with van der Waals surface area (Å²) < 4.78 is 6.44. The van der Waals surface area contributed by atoms with Crippen molar-refractivity contribution >= 4 is 38.8 Å². The largest absolute Gasteiger partial charge is 0.484 e. The highest BCUT2D eigenvalue weighted by Gasteiger charge is 2.02. The predicted molar refractivity (Wildman–Crippen MR) is 79.5 cm³/mol. The fourth-order valence-corrected chi connectivity index (χ4v) is 1.98. The molecule has 1 amide bonds. The molecule has 19 heavy (non-hydrogen) atoms. The number of ether oxygens (including phenoxy) is 1. The molecule has 2 aromatic rings. The van der Waals surface area contributed by atoms with Gasteiger partial charge in [0.2, 0.25) is 0 Å². The number of hydrogen-bond donors (Lipinski definition) is 1. The third-order valence-electron chi connectivity index (χ3n) is 2.46. The van der Waals surface area contributed by atoms with E-state index in [0.29, 0.717) is 5.75 Å². The number of nitrogens with zero attached hydrogens (tertiary/aromatic N) is 1. The van der Waals surface area contributed by atoms with Crippen molar-refractivity contribution < 1.29 is 9.53 Å². The number of carbonyl (C=O) groups excluding carboxylic acids is 1. The van der Waals surface area contributed by atoms with Crippen molar-refractivity contribution in [3.63, 3.8) is 0 Å². The Balaban J connectivity index is 2.05. The van der Waals surface area contributed by atoms with Gasteiger partial charge in [0.25, 0.3) is 5.91 Å². The van der Waals surface area contributed by atoms with Crippen LogP contribution in [0.15, 0.2) is 46.0 Å². The van der Waals surface area contributed by atoms with Crippen molar-refractivity contribution in [2.45, 2.75) is 6.92 Å². The second-order valence-electron chi connectivity index (χ2n) is 3.86. The number of fused-ring (bicyclic) bond motifs is 1. The van der Waals surface area contributed by atoms with Gasteiger partial charge in [-0.3, -0.25) is 4.79 Å². The van der Waals surface area contributed by atoms with E-state index in [4.69, 9.17) is 4.74 Å². The van der Waals surface area contributed by atoms with E-state index in [9.17, 15) is 4.79 Å². The highest BCUT2D eigenvalue weighted by atomic mass is 79.9. The third-order valence-corrected chi connectivity index (χ3v) is 2.96. The summed E-state index contributed by atoms with van der Waals surface area (Å²) in [6.45, 7) is 1.67. The Morgan fingerprint density at radius 3 is 2.84 bits per heavy atom. The van der Waals surface area contributed by atoms with Gasteiger partial charge in [0.15, 0.2) is 6.61 Å². The summed E-state index contributed by atoms with van der Waals surface area (Å²) in [6, 6.07) is 11.7. The van der Waals surface area contributed by atoms with Gasteiger partial charge < -0.3 is 4.74 Å². The maximum atomic E-state index is 11.3. The fraction of sp³-hybridized carbons (Fsp3) is 0.143. The summed E-state index contributed by atoms with van der Waals surface area (Å²) in [6.07, 6.45) is 1.51. The van der Waals surface area contributed by atoms with Gasteiger partial charge in [-0.25, -0.2) is 5.43 Å². The molecule has 0 aliphatic heterocycles. The molecule has 2 rings (SSSR count). The van der Waals surface area contributed by atoms with Crippen molar-refractivity contribution in [3.05, 3.63) is 40.9 Å². The molecule has 98 valence electrons. The van der Waals surface area contributed by atoms with Crippen molar-refractivity contribution in [1.82, 2.24) is 5.43 Å². The average Bonchev–Trinajstić information content (AvgIpc) is 2.42. The van der Waals surface area contributed by atoms with Crippen LogP contribution in [0.5, 0.6) is 5.75 Å². The highest BCUT2D eigenvalue weighted by molar-refractivity contribution is 9.10. The predicted octanol–water partition coefficient (Wildman–Crippen LogP) is 3.10. The van der Waals surface area contributed by atoms with Crippen LogP contribution in [-0.4, -0.2) is 18.7 Å². The highest BCUT2D eigenvalue weighted by Crippen LogP contribution is 2.23. The van der Waals surface area contributed by atoms with Crippen LogP contribution in [0.2, 0.25) is 0 Å². The number of nitrogens with one attached hydrogen (secondary N) is 1. The first-order valence-corrected chi connectivity index (χ1v) is 6.57. The van der Waals surface area contributed by atoms with Crippen molar-refractivity contribution in [1.29, 1.82) is 0 Å². The lowest BCUT2D eigenvalue weighted by Gasteiger charge is -2.06. The van der Waals surface area contributed by atoms with E-state index in [1.54, 1.807) is 6.92 Å². The molecule has 0 aliphatic rings. The third kappa shape index (κ3) is 3.79. The zero-order chi connectivity index (χ0) is 13.7. The van der Waals surface area contributed by atoms with Crippen LogP contribution in [0.25, 0.3) is 10.8 Å². The van der Waals surface area contributed by atoms with Crippen LogP contribution >= 0.6 is 15.9 Å². The Hall–Kier alpha value is -1.88. The van der Waals surface area contributed by atoms with Crippen molar-refractivity contribution in [3.8, 4) is 5.75 Å². The first-order valence-electron chi connectivity index (χ1n) is 5.77. The van der Waals surface area contributed by atoms with Gasteiger partial charge >= 0.3 is 0 Å². The molecule has 5 heteroatoms. The first kappa shape index (κ1) is 13.5. The monoisotopic (exact) mass is 320 g/mol. The summed E-state index contributed by atoms with van der Waals surface area (Å²) in [5.74, 6) is 0.374. The number of hydrogen-bond acceptors (Lipinski definition) is 3. The number of amides is 1. The van der Waals surface area contributed by atoms with Crippen molar-refractivity contribution in [2.24, 2.45) is 5.10 Å². The molecule has 0 saturated carbocycles. The first-order chi connectivity index (χ1) is 9.19. The van der Waals surface area contributed by atoms with Gasteiger partial charge in [0, 0.05) is 10.7 Å². The van der Waals surface area contributed by atoms with Crippen LogP contribution < -0.4 is 10.2 Å². The molecule has 4 nitrogen and oxygen atoms in total. The molecular weight excluding hydrogens is 308 g/mol. The fourth-order valence-electron chi connectivity index (χ4n) is 1.60. The SMILES string of the molecule is C/C=N\NC(=O)COc1ccc2cc(Br)ccc2c1. The quantitative estimate of drug-likeness (QED) is 0.695. The Labute approximate surface area is 119 Å². The summed E-state index contributed by atoms with van der Waals surface area (Å²) >= 11 is 3.43. The zero-order valence-electron chi connectivity index (χ0n) is 10.4. The summed E-state index contributed by atoms with van der Waals surface area (Å²) in [7, 11) is 0. The number of halogens is 1. The molecule has 0 saturated heterocycles. The molecule has 0 unspecified atom stereocenters. The van der Waals surface area contributed by atoms with Crippen LogP contribution in [0, 0.1) is 0 Å². The molecule has 0 aromatic heterocycles. The second-order valence-corrected chi connectivity index (χ2v) is 4.78. The maximum absolute atomic E-state index is 11.3. The Morgan fingerprint density at radius 2 is 2.05 bits per heavy atom. The normalized spacial score (nSPS) is 10.8. The molecule has 2 aromatic carbocycles. The Bertz CT molecular complexity index is 626. The van der Waals surface area contributed by atoms with E-state index >= 15 is 0 Å². The molecule has 0 heterocycles. The molecule has 0 radical (unpaired) electrons. The number of carbonyl (C=O) groups is 1. The lowest BCUT2D eigenvalue weighted by atomic mass is 10.1. The Morgan fingerprint density at radius 1 is 1.32 bits per heavy atom. The summed E-state index contributed by atoms with van der Waals surface area (Å²) in [5, 5.41) is 5.81. The van der Waals surface area contributed by atoms with E-state index in [0.717, 1.165) is 15.2 Å². The average molecular weight is 321 g/mol. The Kier molecular flexibility index (Phi) is 4.52. The number of benzene rings is 2. The molecule has 0 bridgehead atoms. The molecule has 0 fully saturated rings. The topological polar surface area (TPSA) is 50.7 Å². The minimum Gasteiger partial charge on any atom is -0.484 e. The number of rotatable bonds is 4. The molecule has 1 N–H and O–H groups in total. The van der Waals surface area contributed by atoms with Crippen LogP contribution in [0.1, 0.15) is 6.92 Å². The van der Waals surface area contributed by atoms with E-state index in [1.807, 2.05) is 36.4 Å². The summed E-state index contributed by atoms with van der Waals surface area (Å²) in [5.41, 5.74) is 2.35. The molecular formula is C14H13BrN2O2. The van der Waals surface area contributed by atoms with E-state index in [2.05, 4.69) is 26.5 Å². The molecule has 0 aliphatic carbocycles. The smallest absolute Gasteiger partial charge is 0.277 e. The van der Waals surface area contributed by atoms with Crippen LogP contribution in [0.3, 0.4) is 0 Å². The van der Waals surface area contributed by atoms with Crippen LogP contribution in [-0.2, 0) is 4.79 Å². The lowest BCUT2D eigenvalue weighted by Crippen LogP contribution is -2.24. The van der Waals surface area contributed by atoms with Gasteiger partial charge in [-0.2, -0.15) is 5.10 Å². The standard InChI is InChI=1S/C14H13BrN2O2/c1-2-16-17-14(18)9-19-13-6-4-10-7-12(15)5-3-11(10)8-13/h2-8H,9H2,1H3,(H,17,18)/b16-2-. The van der Waals surface area contributed by atoms with Gasteiger partial charge in [0.05, 0.1) is 0 Å². The zero-order valence-corrected chi connectivity index (χ0v) is 12.0.